The molecule has 0 saturated carbocycles. The Hall–Kier alpha value is -8.09. The maximum Gasteiger partial charge on any atom is 0.256 e. The van der Waals surface area contributed by atoms with Crippen molar-refractivity contribution in [3.05, 3.63) is 206 Å². The van der Waals surface area contributed by atoms with E-state index in [1.165, 1.54) is 21.9 Å². The summed E-state index contributed by atoms with van der Waals surface area (Å²) in [6, 6.07) is 72.3. The number of anilines is 8. The Morgan fingerprint density at radius 3 is 1.38 bits per heavy atom. The summed E-state index contributed by atoms with van der Waals surface area (Å²) in [5, 5.41) is 0. The van der Waals surface area contributed by atoms with E-state index in [0.717, 1.165) is 85.2 Å². The molecule has 4 aliphatic rings. The Morgan fingerprint density at radius 1 is 0.349 bits per heavy atom. The molecule has 0 aliphatic carbocycles. The van der Waals surface area contributed by atoms with Crippen LogP contribution in [0.15, 0.2) is 206 Å². The summed E-state index contributed by atoms with van der Waals surface area (Å²) in [6.45, 7) is -0.158. The molecule has 9 aromatic carbocycles. The molecular formula is C55H37B2N3O3. The summed E-state index contributed by atoms with van der Waals surface area (Å²) >= 11 is 0. The zero-order valence-electron chi connectivity index (χ0n) is 34.4. The van der Waals surface area contributed by atoms with Crippen molar-refractivity contribution in [2.24, 2.45) is 0 Å². The third-order valence-electron chi connectivity index (χ3n) is 13.0. The minimum absolute atomic E-state index is 0.0596. The molecule has 0 bridgehead atoms. The van der Waals surface area contributed by atoms with Gasteiger partial charge < -0.3 is 28.9 Å². The van der Waals surface area contributed by atoms with Gasteiger partial charge in [0.25, 0.3) is 13.4 Å². The molecule has 0 saturated heterocycles. The summed E-state index contributed by atoms with van der Waals surface area (Å²) in [7, 11) is 2.17. The molecule has 6 nitrogen and oxygen atoms in total. The van der Waals surface area contributed by atoms with Crippen LogP contribution < -0.4 is 61.7 Å². The first-order valence-electron chi connectivity index (χ1n) is 21.5. The largest absolute Gasteiger partial charge is 0.458 e. The Balaban J connectivity index is 1.04. The molecule has 63 heavy (non-hydrogen) atoms. The van der Waals surface area contributed by atoms with Crippen LogP contribution in [0.2, 0.25) is 0 Å². The van der Waals surface area contributed by atoms with Crippen LogP contribution in [0.5, 0.6) is 34.5 Å². The highest BCUT2D eigenvalue weighted by Gasteiger charge is 2.47. The molecule has 4 heterocycles. The van der Waals surface area contributed by atoms with Crippen molar-refractivity contribution in [2.75, 3.05) is 21.7 Å². The Labute approximate surface area is 366 Å². The van der Waals surface area contributed by atoms with E-state index in [1.54, 1.807) is 0 Å². The molecule has 0 spiro atoms. The van der Waals surface area contributed by atoms with Crippen LogP contribution in [0.4, 0.5) is 45.5 Å². The fourth-order valence-electron chi connectivity index (χ4n) is 10.4. The predicted molar refractivity (Wildman–Crippen MR) is 259 cm³/mol. The average molecular weight is 810 g/mol. The lowest BCUT2D eigenvalue weighted by Gasteiger charge is -2.44. The first-order valence-corrected chi connectivity index (χ1v) is 21.5. The van der Waals surface area contributed by atoms with Crippen LogP contribution in [0.1, 0.15) is 0 Å². The van der Waals surface area contributed by atoms with Crippen LogP contribution in [0.25, 0.3) is 0 Å². The van der Waals surface area contributed by atoms with Gasteiger partial charge in [-0.3, -0.25) is 0 Å². The standard InChI is InChI=1S/C55H37B2N3O3/c1-58-48-35-52-45(57-43-27-15-17-29-47(43)60(37-20-8-3-9-21-37)51-32-41(33-53(63-52)55(51)57)62-39-24-12-5-13-25-39)34-44(48)56-42-26-14-16-28-46(42)59(36-18-6-2-7-19-36)50-31-40(30-49(58)54(50)56)61-38-22-10-4-11-23-38/h2-35H,1H3. The Morgan fingerprint density at radius 2 is 0.810 bits per heavy atom. The average Bonchev–Trinajstić information content (AvgIpc) is 3.33. The van der Waals surface area contributed by atoms with E-state index in [9.17, 15) is 0 Å². The number of benzene rings is 9. The quantitative estimate of drug-likeness (QED) is 0.156. The van der Waals surface area contributed by atoms with Crippen molar-refractivity contribution in [1.29, 1.82) is 0 Å². The second kappa shape index (κ2) is 14.0. The minimum Gasteiger partial charge on any atom is -0.458 e. The van der Waals surface area contributed by atoms with Gasteiger partial charge in [-0.1, -0.05) is 115 Å². The number of ether oxygens (including phenoxy) is 3. The summed E-state index contributed by atoms with van der Waals surface area (Å²) in [5.41, 5.74) is 16.0. The molecule has 0 radical (unpaired) electrons. The SMILES string of the molecule is CN1c2cc3c(cc2B2c4ccccc4N(c4ccccc4)c4cc(Oc5ccccc5)cc1c42)B1c2ccccc2N(c2ccccc2)c2cc(Oc4ccccc4)cc(c21)O3. The molecule has 0 atom stereocenters. The summed E-state index contributed by atoms with van der Waals surface area (Å²) in [6.07, 6.45) is 0. The number of para-hydroxylation sites is 6. The number of fused-ring (bicyclic) bond motifs is 8. The first-order chi connectivity index (χ1) is 31.2. The lowest BCUT2D eigenvalue weighted by Crippen LogP contribution is -2.64. The second-order valence-electron chi connectivity index (χ2n) is 16.5. The van der Waals surface area contributed by atoms with Crippen molar-refractivity contribution < 1.29 is 14.2 Å². The highest BCUT2D eigenvalue weighted by atomic mass is 16.5. The molecule has 8 heteroatoms. The van der Waals surface area contributed by atoms with Crippen LogP contribution in [-0.2, 0) is 0 Å². The lowest BCUT2D eigenvalue weighted by atomic mass is 9.30. The lowest BCUT2D eigenvalue weighted by molar-refractivity contribution is 0.463. The van der Waals surface area contributed by atoms with Crippen LogP contribution >= 0.6 is 0 Å². The van der Waals surface area contributed by atoms with Gasteiger partial charge in [0, 0.05) is 82.9 Å². The van der Waals surface area contributed by atoms with Crippen LogP contribution in [-0.4, -0.2) is 20.5 Å². The van der Waals surface area contributed by atoms with Gasteiger partial charge in [0.15, 0.2) is 0 Å². The van der Waals surface area contributed by atoms with Gasteiger partial charge in [0.05, 0.1) is 0 Å². The third kappa shape index (κ3) is 5.54. The molecule has 0 amide bonds. The van der Waals surface area contributed by atoms with Crippen molar-refractivity contribution in [3.63, 3.8) is 0 Å². The van der Waals surface area contributed by atoms with Gasteiger partial charge >= 0.3 is 0 Å². The molecule has 0 unspecified atom stereocenters. The monoisotopic (exact) mass is 809 g/mol. The maximum absolute atomic E-state index is 7.19. The molecule has 9 aromatic rings. The Kier molecular flexibility index (Phi) is 7.91. The van der Waals surface area contributed by atoms with Crippen molar-refractivity contribution >= 4 is 91.7 Å². The number of nitrogens with zero attached hydrogens (tertiary/aromatic N) is 3. The smallest absolute Gasteiger partial charge is 0.256 e. The third-order valence-corrected chi connectivity index (χ3v) is 13.0. The molecular weight excluding hydrogens is 772 g/mol. The normalized spacial score (nSPS) is 13.4. The van der Waals surface area contributed by atoms with E-state index in [0.29, 0.717) is 5.75 Å². The number of hydrogen-bond acceptors (Lipinski definition) is 6. The summed E-state index contributed by atoms with van der Waals surface area (Å²) < 4.78 is 20.5. The summed E-state index contributed by atoms with van der Waals surface area (Å²) in [4.78, 5) is 7.08. The van der Waals surface area contributed by atoms with E-state index in [-0.39, 0.29) is 13.4 Å². The van der Waals surface area contributed by atoms with Crippen molar-refractivity contribution in [3.8, 4) is 34.5 Å². The van der Waals surface area contributed by atoms with E-state index in [2.05, 4.69) is 167 Å². The molecule has 0 aromatic heterocycles. The zero-order chi connectivity index (χ0) is 41.6. The van der Waals surface area contributed by atoms with Gasteiger partial charge in [0.2, 0.25) is 0 Å². The van der Waals surface area contributed by atoms with Crippen LogP contribution in [0, 0.1) is 0 Å². The molecule has 4 aliphatic heterocycles. The topological polar surface area (TPSA) is 37.4 Å². The van der Waals surface area contributed by atoms with Gasteiger partial charge in [-0.05, 0) is 93.4 Å². The molecule has 0 N–H and O–H groups in total. The number of rotatable bonds is 6. The number of hydrogen-bond donors (Lipinski definition) is 0. The van der Waals surface area contributed by atoms with Gasteiger partial charge in [-0.2, -0.15) is 0 Å². The van der Waals surface area contributed by atoms with Gasteiger partial charge in [0.1, 0.15) is 34.5 Å². The first kappa shape index (κ1) is 35.6. The highest BCUT2D eigenvalue weighted by molar-refractivity contribution is 7.02. The fourth-order valence-corrected chi connectivity index (χ4v) is 10.4. The highest BCUT2D eigenvalue weighted by Crippen LogP contribution is 2.47. The Bertz CT molecular complexity index is 3260. The molecule has 0 fully saturated rings. The van der Waals surface area contributed by atoms with Gasteiger partial charge in [-0.25, -0.2) is 0 Å². The van der Waals surface area contributed by atoms with E-state index in [1.807, 2.05) is 60.7 Å². The van der Waals surface area contributed by atoms with Gasteiger partial charge in [-0.15, -0.1) is 0 Å². The summed E-state index contributed by atoms with van der Waals surface area (Å²) in [5.74, 6) is 4.65. The minimum atomic E-state index is -0.0986. The van der Waals surface area contributed by atoms with E-state index in [4.69, 9.17) is 14.2 Å². The van der Waals surface area contributed by atoms with Crippen LogP contribution in [0.3, 0.4) is 0 Å². The van der Waals surface area contributed by atoms with E-state index < -0.39 is 0 Å². The van der Waals surface area contributed by atoms with Crippen molar-refractivity contribution in [1.82, 2.24) is 0 Å². The molecule has 296 valence electrons. The van der Waals surface area contributed by atoms with Crippen molar-refractivity contribution in [2.45, 2.75) is 0 Å². The fraction of sp³-hybridized carbons (Fsp3) is 0.0182. The van der Waals surface area contributed by atoms with E-state index >= 15 is 0 Å². The zero-order valence-corrected chi connectivity index (χ0v) is 34.4. The second-order valence-corrected chi connectivity index (χ2v) is 16.5. The molecule has 13 rings (SSSR count). The maximum atomic E-state index is 7.19. The predicted octanol–water partition coefficient (Wildman–Crippen LogP) is 10.1.